The van der Waals surface area contributed by atoms with E-state index < -0.39 is 0 Å². The zero-order valence-corrected chi connectivity index (χ0v) is 14.1. The van der Waals surface area contributed by atoms with Gasteiger partial charge in [-0.3, -0.25) is 4.79 Å². The molecule has 0 aliphatic heterocycles. The minimum absolute atomic E-state index is 0.134. The van der Waals surface area contributed by atoms with Gasteiger partial charge in [0, 0.05) is 16.6 Å². The van der Waals surface area contributed by atoms with Gasteiger partial charge in [0.1, 0.15) is 11.5 Å². The zero-order chi connectivity index (χ0) is 16.8. The lowest BCUT2D eigenvalue weighted by molar-refractivity contribution is -0.115. The summed E-state index contributed by atoms with van der Waals surface area (Å²) in [5.41, 5.74) is 7.15. The summed E-state index contributed by atoms with van der Waals surface area (Å²) >= 11 is 1.41. The van der Waals surface area contributed by atoms with Crippen molar-refractivity contribution in [1.29, 1.82) is 0 Å². The summed E-state index contributed by atoms with van der Waals surface area (Å²) in [7, 11) is 3.13. The summed E-state index contributed by atoms with van der Waals surface area (Å²) in [6.45, 7) is 1.83. The number of amides is 1. The summed E-state index contributed by atoms with van der Waals surface area (Å²) in [4.78, 5) is 13.3. The molecule has 1 atom stereocenters. The number of rotatable bonds is 6. The molecule has 0 bridgehead atoms. The van der Waals surface area contributed by atoms with Crippen LogP contribution in [-0.2, 0) is 4.79 Å². The van der Waals surface area contributed by atoms with Crippen molar-refractivity contribution in [2.45, 2.75) is 17.1 Å². The first-order chi connectivity index (χ1) is 11.0. The molecular weight excluding hydrogens is 312 g/mol. The van der Waals surface area contributed by atoms with E-state index >= 15 is 0 Å². The van der Waals surface area contributed by atoms with Crippen molar-refractivity contribution in [2.24, 2.45) is 0 Å². The molecule has 0 saturated heterocycles. The molecule has 122 valence electrons. The predicted octanol–water partition coefficient (Wildman–Crippen LogP) is 3.41. The van der Waals surface area contributed by atoms with Gasteiger partial charge >= 0.3 is 0 Å². The van der Waals surface area contributed by atoms with Crippen molar-refractivity contribution in [3.8, 4) is 11.5 Å². The SMILES string of the molecule is COc1ccc(OC)c(NC(=O)[C@@H](C)Sc2ccccc2N)c1. The number of thioether (sulfide) groups is 1. The van der Waals surface area contributed by atoms with Gasteiger partial charge in [-0.25, -0.2) is 0 Å². The smallest absolute Gasteiger partial charge is 0.237 e. The Hall–Kier alpha value is -2.34. The molecule has 0 aliphatic carbocycles. The van der Waals surface area contributed by atoms with Crippen LogP contribution in [0.2, 0.25) is 0 Å². The quantitative estimate of drug-likeness (QED) is 0.626. The summed E-state index contributed by atoms with van der Waals surface area (Å²) in [5, 5.41) is 2.56. The Labute approximate surface area is 140 Å². The zero-order valence-electron chi connectivity index (χ0n) is 13.3. The van der Waals surface area contributed by atoms with E-state index in [1.807, 2.05) is 31.2 Å². The number of carbonyl (C=O) groups is 1. The van der Waals surface area contributed by atoms with Gasteiger partial charge in [-0.2, -0.15) is 0 Å². The van der Waals surface area contributed by atoms with Crippen LogP contribution in [0.1, 0.15) is 6.92 Å². The molecule has 0 fully saturated rings. The fourth-order valence-corrected chi connectivity index (χ4v) is 2.89. The van der Waals surface area contributed by atoms with Crippen LogP contribution in [0.3, 0.4) is 0 Å². The molecule has 0 unspecified atom stereocenters. The number of nitrogens with two attached hydrogens (primary N) is 1. The number of methoxy groups -OCH3 is 2. The molecule has 0 spiro atoms. The van der Waals surface area contributed by atoms with Crippen molar-refractivity contribution in [3.05, 3.63) is 42.5 Å². The van der Waals surface area contributed by atoms with Crippen molar-refractivity contribution in [1.82, 2.24) is 0 Å². The van der Waals surface area contributed by atoms with Crippen LogP contribution in [0.5, 0.6) is 11.5 Å². The Bertz CT molecular complexity index is 691. The molecule has 3 N–H and O–H groups in total. The van der Waals surface area contributed by atoms with E-state index in [-0.39, 0.29) is 11.2 Å². The second kappa shape index (κ2) is 7.78. The highest BCUT2D eigenvalue weighted by Crippen LogP contribution is 2.32. The van der Waals surface area contributed by atoms with Crippen molar-refractivity contribution in [2.75, 3.05) is 25.3 Å². The Morgan fingerprint density at radius 1 is 1.17 bits per heavy atom. The first kappa shape index (κ1) is 17.0. The highest BCUT2D eigenvalue weighted by molar-refractivity contribution is 8.00. The van der Waals surface area contributed by atoms with E-state index in [0.717, 1.165) is 4.90 Å². The molecule has 0 saturated carbocycles. The molecule has 2 rings (SSSR count). The lowest BCUT2D eigenvalue weighted by atomic mass is 10.2. The summed E-state index contributed by atoms with van der Waals surface area (Å²) in [6, 6.07) is 12.7. The number of para-hydroxylation sites is 1. The van der Waals surface area contributed by atoms with Gasteiger partial charge in [0.25, 0.3) is 0 Å². The van der Waals surface area contributed by atoms with Crippen molar-refractivity contribution >= 4 is 29.0 Å². The maximum atomic E-state index is 12.4. The van der Waals surface area contributed by atoms with Crippen LogP contribution < -0.4 is 20.5 Å². The minimum atomic E-state index is -0.310. The second-order valence-corrected chi connectivity index (χ2v) is 6.24. The number of hydrogen-bond donors (Lipinski definition) is 2. The third kappa shape index (κ3) is 4.32. The Balaban J connectivity index is 2.10. The number of anilines is 2. The maximum Gasteiger partial charge on any atom is 0.237 e. The summed E-state index contributed by atoms with van der Waals surface area (Å²) in [6.07, 6.45) is 0. The summed E-state index contributed by atoms with van der Waals surface area (Å²) < 4.78 is 10.4. The van der Waals surface area contributed by atoms with Gasteiger partial charge in [0.15, 0.2) is 0 Å². The van der Waals surface area contributed by atoms with Gasteiger partial charge in [-0.15, -0.1) is 11.8 Å². The van der Waals surface area contributed by atoms with Crippen LogP contribution in [0.4, 0.5) is 11.4 Å². The number of hydrogen-bond acceptors (Lipinski definition) is 5. The average Bonchev–Trinajstić information content (AvgIpc) is 2.56. The van der Waals surface area contributed by atoms with Gasteiger partial charge in [-0.05, 0) is 31.2 Å². The molecule has 0 heterocycles. The van der Waals surface area contributed by atoms with E-state index in [0.29, 0.717) is 22.9 Å². The van der Waals surface area contributed by atoms with Crippen LogP contribution in [0, 0.1) is 0 Å². The number of carbonyl (C=O) groups excluding carboxylic acids is 1. The largest absolute Gasteiger partial charge is 0.497 e. The molecule has 5 nitrogen and oxygen atoms in total. The molecule has 23 heavy (non-hydrogen) atoms. The molecular formula is C17H20N2O3S. The highest BCUT2D eigenvalue weighted by atomic mass is 32.2. The van der Waals surface area contributed by atoms with E-state index in [2.05, 4.69) is 5.32 Å². The number of nitrogens with one attached hydrogen (secondary N) is 1. The number of ether oxygens (including phenoxy) is 2. The van der Waals surface area contributed by atoms with E-state index in [1.165, 1.54) is 11.8 Å². The first-order valence-corrected chi connectivity index (χ1v) is 7.97. The summed E-state index contributed by atoms with van der Waals surface area (Å²) in [5.74, 6) is 1.09. The standard InChI is InChI=1S/C17H20N2O3S/c1-11(23-16-7-5-4-6-13(16)18)17(20)19-14-10-12(21-2)8-9-15(14)22-3/h4-11H,18H2,1-3H3,(H,19,20)/t11-/m1/s1. The molecule has 1 amide bonds. The van der Waals surface area contributed by atoms with Gasteiger partial charge in [0.05, 0.1) is 25.2 Å². The topological polar surface area (TPSA) is 73.6 Å². The Morgan fingerprint density at radius 3 is 2.57 bits per heavy atom. The van der Waals surface area contributed by atoms with Crippen LogP contribution >= 0.6 is 11.8 Å². The molecule has 0 radical (unpaired) electrons. The normalized spacial score (nSPS) is 11.6. The average molecular weight is 332 g/mol. The second-order valence-electron chi connectivity index (χ2n) is 4.85. The fourth-order valence-electron chi connectivity index (χ4n) is 1.98. The lowest BCUT2D eigenvalue weighted by Crippen LogP contribution is -2.22. The van der Waals surface area contributed by atoms with Crippen molar-refractivity contribution in [3.63, 3.8) is 0 Å². The monoisotopic (exact) mass is 332 g/mol. The molecule has 0 aromatic heterocycles. The number of benzene rings is 2. The predicted molar refractivity (Wildman–Crippen MR) is 94.3 cm³/mol. The van der Waals surface area contributed by atoms with Gasteiger partial charge < -0.3 is 20.5 Å². The van der Waals surface area contributed by atoms with Crippen LogP contribution in [-0.4, -0.2) is 25.4 Å². The molecule has 2 aromatic carbocycles. The minimum Gasteiger partial charge on any atom is -0.497 e. The van der Waals surface area contributed by atoms with Crippen molar-refractivity contribution < 1.29 is 14.3 Å². The van der Waals surface area contributed by atoms with E-state index in [4.69, 9.17) is 15.2 Å². The van der Waals surface area contributed by atoms with Gasteiger partial charge in [-0.1, -0.05) is 12.1 Å². The molecule has 2 aromatic rings. The molecule has 6 heteroatoms. The Kier molecular flexibility index (Phi) is 5.76. The fraction of sp³-hybridized carbons (Fsp3) is 0.235. The molecule has 0 aliphatic rings. The lowest BCUT2D eigenvalue weighted by Gasteiger charge is -2.15. The number of nitrogen functional groups attached to an aromatic ring is 1. The van der Waals surface area contributed by atoms with Crippen LogP contribution in [0.25, 0.3) is 0 Å². The first-order valence-electron chi connectivity index (χ1n) is 7.09. The Morgan fingerprint density at radius 2 is 1.91 bits per heavy atom. The van der Waals surface area contributed by atoms with Crippen LogP contribution in [0.15, 0.2) is 47.4 Å². The third-order valence-electron chi connectivity index (χ3n) is 3.26. The van der Waals surface area contributed by atoms with Gasteiger partial charge in [0.2, 0.25) is 5.91 Å². The highest BCUT2D eigenvalue weighted by Gasteiger charge is 2.17. The van der Waals surface area contributed by atoms with E-state index in [1.54, 1.807) is 32.4 Å². The maximum absolute atomic E-state index is 12.4. The third-order valence-corrected chi connectivity index (χ3v) is 4.45. The van der Waals surface area contributed by atoms with E-state index in [9.17, 15) is 4.79 Å².